The Bertz CT molecular complexity index is 923. The first-order valence-corrected chi connectivity index (χ1v) is 7.06. The van der Waals surface area contributed by atoms with E-state index in [0.29, 0.717) is 0 Å². The van der Waals surface area contributed by atoms with Crippen molar-refractivity contribution < 1.29 is 5.11 Å². The Balaban J connectivity index is 1.85. The van der Waals surface area contributed by atoms with Crippen molar-refractivity contribution in [2.24, 2.45) is 0 Å². The molecule has 0 amide bonds. The molecule has 0 saturated heterocycles. The number of rotatable bonds is 2. The summed E-state index contributed by atoms with van der Waals surface area (Å²) >= 11 is 0. The van der Waals surface area contributed by atoms with Crippen molar-refractivity contribution in [1.29, 1.82) is 0 Å². The molecule has 2 N–H and O–H groups in total. The summed E-state index contributed by atoms with van der Waals surface area (Å²) in [6, 6.07) is 22.3. The van der Waals surface area contributed by atoms with Crippen LogP contribution in [0.15, 0.2) is 72.9 Å². The van der Waals surface area contributed by atoms with Gasteiger partial charge in [0.25, 0.3) is 0 Å². The number of aliphatic hydroxyl groups excluding tert-OH is 1. The summed E-state index contributed by atoms with van der Waals surface area (Å²) in [5.41, 5.74) is 2.90. The highest BCUT2D eigenvalue weighted by Gasteiger charge is 2.14. The first kappa shape index (κ1) is 12.2. The van der Waals surface area contributed by atoms with Crippen LogP contribution in [0.4, 0.5) is 0 Å². The summed E-state index contributed by atoms with van der Waals surface area (Å²) in [5, 5.41) is 14.2. The molecule has 1 unspecified atom stereocenters. The molecule has 0 spiro atoms. The van der Waals surface area contributed by atoms with Crippen molar-refractivity contribution in [1.82, 2.24) is 4.98 Å². The summed E-state index contributed by atoms with van der Waals surface area (Å²) in [5.74, 6) is 0. The summed E-state index contributed by atoms with van der Waals surface area (Å²) in [6.07, 6.45) is 1.29. The van der Waals surface area contributed by atoms with Crippen molar-refractivity contribution in [2.75, 3.05) is 0 Å². The van der Waals surface area contributed by atoms with Crippen molar-refractivity contribution in [3.05, 3.63) is 84.1 Å². The van der Waals surface area contributed by atoms with Gasteiger partial charge >= 0.3 is 0 Å². The molecule has 0 radical (unpaired) electrons. The quantitative estimate of drug-likeness (QED) is 0.558. The van der Waals surface area contributed by atoms with Crippen molar-refractivity contribution in [2.45, 2.75) is 6.10 Å². The van der Waals surface area contributed by atoms with Gasteiger partial charge < -0.3 is 10.1 Å². The molecule has 1 atom stereocenters. The van der Waals surface area contributed by atoms with E-state index in [1.165, 1.54) is 5.39 Å². The van der Waals surface area contributed by atoms with Crippen LogP contribution < -0.4 is 0 Å². The lowest BCUT2D eigenvalue weighted by molar-refractivity contribution is 0.222. The molecule has 0 aliphatic rings. The molecule has 3 aromatic carbocycles. The Kier molecular flexibility index (Phi) is 2.76. The van der Waals surface area contributed by atoms with Crippen molar-refractivity contribution >= 4 is 21.7 Å². The van der Waals surface area contributed by atoms with Crippen LogP contribution in [-0.4, -0.2) is 10.1 Å². The van der Waals surface area contributed by atoms with E-state index in [2.05, 4.69) is 29.2 Å². The van der Waals surface area contributed by atoms with E-state index >= 15 is 0 Å². The third kappa shape index (κ3) is 2.01. The van der Waals surface area contributed by atoms with Crippen LogP contribution in [-0.2, 0) is 0 Å². The molecule has 4 rings (SSSR count). The third-order valence-corrected chi connectivity index (χ3v) is 4.01. The van der Waals surface area contributed by atoms with Gasteiger partial charge in [0.05, 0.1) is 0 Å². The molecule has 1 heterocycles. The van der Waals surface area contributed by atoms with Crippen LogP contribution in [0, 0.1) is 0 Å². The minimum Gasteiger partial charge on any atom is -0.384 e. The van der Waals surface area contributed by atoms with Crippen LogP contribution in [0.5, 0.6) is 0 Å². The molecule has 0 fully saturated rings. The first-order chi connectivity index (χ1) is 10.3. The van der Waals surface area contributed by atoms with E-state index in [0.717, 1.165) is 27.4 Å². The maximum absolute atomic E-state index is 10.8. The Morgan fingerprint density at radius 3 is 2.57 bits per heavy atom. The number of benzene rings is 3. The van der Waals surface area contributed by atoms with Gasteiger partial charge in [-0.2, -0.15) is 0 Å². The number of hydrogen-bond donors (Lipinski definition) is 2. The maximum atomic E-state index is 10.8. The Morgan fingerprint density at radius 2 is 1.67 bits per heavy atom. The predicted molar refractivity (Wildman–Crippen MR) is 86.3 cm³/mol. The van der Waals surface area contributed by atoms with E-state index in [1.807, 2.05) is 48.7 Å². The van der Waals surface area contributed by atoms with Gasteiger partial charge in [-0.05, 0) is 40.1 Å². The van der Waals surface area contributed by atoms with Gasteiger partial charge in [0.15, 0.2) is 0 Å². The van der Waals surface area contributed by atoms with Crippen molar-refractivity contribution in [3.8, 4) is 0 Å². The Hall–Kier alpha value is -2.58. The van der Waals surface area contributed by atoms with E-state index < -0.39 is 6.10 Å². The highest BCUT2D eigenvalue weighted by Crippen LogP contribution is 2.30. The van der Waals surface area contributed by atoms with Gasteiger partial charge in [0.2, 0.25) is 0 Å². The van der Waals surface area contributed by atoms with Crippen molar-refractivity contribution in [3.63, 3.8) is 0 Å². The van der Waals surface area contributed by atoms with E-state index in [1.54, 1.807) is 0 Å². The molecular formula is C19H15NO. The molecule has 0 bridgehead atoms. The molecule has 0 aliphatic carbocycles. The molecule has 1 aromatic heterocycles. The standard InChI is InChI=1S/C19H15NO/c21-19(17-6-3-7-18-16(17)10-11-20-18)15-9-8-13-4-1-2-5-14(13)12-15/h1-12,19-21H. The van der Waals surface area contributed by atoms with Crippen LogP contribution in [0.2, 0.25) is 0 Å². The molecular weight excluding hydrogens is 258 g/mol. The largest absolute Gasteiger partial charge is 0.384 e. The number of hydrogen-bond acceptors (Lipinski definition) is 1. The molecule has 102 valence electrons. The van der Waals surface area contributed by atoms with Gasteiger partial charge in [0.1, 0.15) is 6.10 Å². The minimum atomic E-state index is -0.617. The zero-order valence-corrected chi connectivity index (χ0v) is 11.5. The van der Waals surface area contributed by atoms with Gasteiger partial charge in [-0.3, -0.25) is 0 Å². The average Bonchev–Trinajstić information content (AvgIpc) is 3.02. The lowest BCUT2D eigenvalue weighted by Gasteiger charge is -2.13. The van der Waals surface area contributed by atoms with Crippen LogP contribution in [0.1, 0.15) is 17.2 Å². The van der Waals surface area contributed by atoms with Crippen LogP contribution >= 0.6 is 0 Å². The fourth-order valence-electron chi connectivity index (χ4n) is 2.91. The lowest BCUT2D eigenvalue weighted by atomic mass is 9.96. The maximum Gasteiger partial charge on any atom is 0.105 e. The summed E-state index contributed by atoms with van der Waals surface area (Å²) in [6.45, 7) is 0. The second kappa shape index (κ2) is 4.76. The number of aliphatic hydroxyl groups is 1. The SMILES string of the molecule is OC(c1ccc2ccccc2c1)c1cccc2[nH]ccc12. The zero-order valence-electron chi connectivity index (χ0n) is 11.5. The fraction of sp³-hybridized carbons (Fsp3) is 0.0526. The van der Waals surface area contributed by atoms with Crippen LogP contribution in [0.25, 0.3) is 21.7 Å². The second-order valence-corrected chi connectivity index (χ2v) is 5.30. The van der Waals surface area contributed by atoms with Gasteiger partial charge in [-0.25, -0.2) is 0 Å². The molecule has 2 nitrogen and oxygen atoms in total. The van der Waals surface area contributed by atoms with E-state index in [-0.39, 0.29) is 0 Å². The second-order valence-electron chi connectivity index (χ2n) is 5.30. The monoisotopic (exact) mass is 273 g/mol. The number of H-pyrrole nitrogens is 1. The number of aromatic amines is 1. The highest BCUT2D eigenvalue weighted by atomic mass is 16.3. The molecule has 0 saturated carbocycles. The summed E-state index contributed by atoms with van der Waals surface area (Å²) in [4.78, 5) is 3.18. The van der Waals surface area contributed by atoms with Crippen LogP contribution in [0.3, 0.4) is 0 Å². The highest BCUT2D eigenvalue weighted by molar-refractivity contribution is 5.85. The molecule has 4 aromatic rings. The number of fused-ring (bicyclic) bond motifs is 2. The normalized spacial score (nSPS) is 12.8. The fourth-order valence-corrected chi connectivity index (χ4v) is 2.91. The van der Waals surface area contributed by atoms with E-state index in [9.17, 15) is 5.11 Å². The van der Waals surface area contributed by atoms with Gasteiger partial charge in [-0.15, -0.1) is 0 Å². The number of aromatic nitrogens is 1. The summed E-state index contributed by atoms with van der Waals surface area (Å²) < 4.78 is 0. The Morgan fingerprint density at radius 1 is 0.810 bits per heavy atom. The topological polar surface area (TPSA) is 36.0 Å². The smallest absolute Gasteiger partial charge is 0.105 e. The molecule has 0 aliphatic heterocycles. The minimum absolute atomic E-state index is 0.617. The third-order valence-electron chi connectivity index (χ3n) is 4.01. The Labute approximate surface area is 122 Å². The molecule has 21 heavy (non-hydrogen) atoms. The number of nitrogens with one attached hydrogen (secondary N) is 1. The predicted octanol–water partition coefficient (Wildman–Crippen LogP) is 4.40. The molecule has 2 heteroatoms. The summed E-state index contributed by atoms with van der Waals surface area (Å²) in [7, 11) is 0. The van der Waals surface area contributed by atoms with Gasteiger partial charge in [-0.1, -0.05) is 48.5 Å². The average molecular weight is 273 g/mol. The first-order valence-electron chi connectivity index (χ1n) is 7.06. The van der Waals surface area contributed by atoms with E-state index in [4.69, 9.17) is 0 Å². The lowest BCUT2D eigenvalue weighted by Crippen LogP contribution is -2.00. The zero-order chi connectivity index (χ0) is 14.2. The van der Waals surface area contributed by atoms with Gasteiger partial charge in [0, 0.05) is 17.1 Å².